The molecule has 0 spiro atoms. The lowest BCUT2D eigenvalue weighted by molar-refractivity contribution is -0.135. The number of carbonyl (C=O) groups is 4. The van der Waals surface area contributed by atoms with Crippen molar-refractivity contribution >= 4 is 47.0 Å². The first kappa shape index (κ1) is 21.0. The van der Waals surface area contributed by atoms with Gasteiger partial charge in [-0.1, -0.05) is 29.3 Å². The van der Waals surface area contributed by atoms with Gasteiger partial charge in [0.1, 0.15) is 18.1 Å². The summed E-state index contributed by atoms with van der Waals surface area (Å²) in [6, 6.07) is 3.04. The van der Waals surface area contributed by atoms with Gasteiger partial charge in [-0.25, -0.2) is 4.79 Å². The van der Waals surface area contributed by atoms with Crippen molar-refractivity contribution in [2.75, 3.05) is 13.1 Å². The van der Waals surface area contributed by atoms with Gasteiger partial charge in [0, 0.05) is 22.2 Å². The van der Waals surface area contributed by atoms with Crippen LogP contribution in [0.3, 0.4) is 0 Å². The van der Waals surface area contributed by atoms with Crippen LogP contribution in [0.15, 0.2) is 18.2 Å². The fourth-order valence-corrected chi connectivity index (χ4v) is 3.34. The maximum atomic E-state index is 12.8. The standard InChI is InChI=1S/C17H20Cl2N4O4/c1-4-20-14(25)9(2)21-13(24)8-23-15(26)17(3,22-16(23)27)11-6-5-10(18)7-12(11)19/h5-7,9H,4,8H2,1-3H3,(H,20,25)(H,21,24)(H,22,27)/t9-,17+/m0/s1. The highest BCUT2D eigenvalue weighted by Crippen LogP contribution is 2.34. The number of halogens is 2. The number of urea groups is 1. The first-order valence-corrected chi connectivity index (χ1v) is 9.02. The van der Waals surface area contributed by atoms with E-state index in [0.29, 0.717) is 17.1 Å². The molecule has 27 heavy (non-hydrogen) atoms. The van der Waals surface area contributed by atoms with Gasteiger partial charge in [-0.3, -0.25) is 19.3 Å². The summed E-state index contributed by atoms with van der Waals surface area (Å²) >= 11 is 12.0. The predicted octanol–water partition coefficient (Wildman–Crippen LogP) is 1.40. The molecule has 0 aromatic heterocycles. The molecule has 1 fully saturated rings. The van der Waals surface area contributed by atoms with Crippen LogP contribution in [-0.2, 0) is 19.9 Å². The second-order valence-corrected chi connectivity index (χ2v) is 7.10. The topological polar surface area (TPSA) is 108 Å². The number of amides is 5. The Balaban J connectivity index is 2.14. The van der Waals surface area contributed by atoms with Gasteiger partial charge in [-0.2, -0.15) is 0 Å². The predicted molar refractivity (Wildman–Crippen MR) is 100 cm³/mol. The van der Waals surface area contributed by atoms with Crippen molar-refractivity contribution < 1.29 is 19.2 Å². The lowest BCUT2D eigenvalue weighted by Gasteiger charge is -2.23. The molecule has 0 unspecified atom stereocenters. The van der Waals surface area contributed by atoms with Gasteiger partial charge in [0.25, 0.3) is 5.91 Å². The number of nitrogens with one attached hydrogen (secondary N) is 3. The Hall–Kier alpha value is -2.32. The molecule has 5 amide bonds. The average Bonchev–Trinajstić information content (AvgIpc) is 2.78. The second kappa shape index (κ2) is 8.14. The summed E-state index contributed by atoms with van der Waals surface area (Å²) in [5.74, 6) is -1.62. The van der Waals surface area contributed by atoms with E-state index in [-0.39, 0.29) is 10.9 Å². The Labute approximate surface area is 166 Å². The molecule has 2 atom stereocenters. The van der Waals surface area contributed by atoms with E-state index in [2.05, 4.69) is 16.0 Å². The molecule has 3 N–H and O–H groups in total. The van der Waals surface area contributed by atoms with E-state index in [0.717, 1.165) is 4.90 Å². The van der Waals surface area contributed by atoms with Crippen LogP contribution in [0, 0.1) is 0 Å². The maximum Gasteiger partial charge on any atom is 0.325 e. The Morgan fingerprint density at radius 3 is 2.56 bits per heavy atom. The average molecular weight is 415 g/mol. The summed E-state index contributed by atoms with van der Waals surface area (Å²) < 4.78 is 0. The third kappa shape index (κ3) is 4.33. The van der Waals surface area contributed by atoms with Crippen LogP contribution < -0.4 is 16.0 Å². The first-order valence-electron chi connectivity index (χ1n) is 8.26. The first-order chi connectivity index (χ1) is 12.6. The Morgan fingerprint density at radius 2 is 1.96 bits per heavy atom. The smallest absolute Gasteiger partial charge is 0.325 e. The van der Waals surface area contributed by atoms with Gasteiger partial charge in [-0.05, 0) is 32.9 Å². The van der Waals surface area contributed by atoms with Gasteiger partial charge in [0.2, 0.25) is 11.8 Å². The van der Waals surface area contributed by atoms with Crippen molar-refractivity contribution in [3.05, 3.63) is 33.8 Å². The van der Waals surface area contributed by atoms with Crippen molar-refractivity contribution in [3.8, 4) is 0 Å². The summed E-state index contributed by atoms with van der Waals surface area (Å²) in [5, 5.41) is 8.18. The van der Waals surface area contributed by atoms with E-state index in [1.807, 2.05) is 0 Å². The molecule has 146 valence electrons. The largest absolute Gasteiger partial charge is 0.355 e. The molecule has 2 rings (SSSR count). The molecule has 0 saturated carbocycles. The molecule has 8 nitrogen and oxygen atoms in total. The third-order valence-electron chi connectivity index (χ3n) is 4.17. The maximum absolute atomic E-state index is 12.8. The van der Waals surface area contributed by atoms with Gasteiger partial charge in [0.05, 0.1) is 0 Å². The van der Waals surface area contributed by atoms with Crippen LogP contribution in [-0.4, -0.2) is 47.8 Å². The van der Waals surface area contributed by atoms with Crippen molar-refractivity contribution in [3.63, 3.8) is 0 Å². The molecule has 1 aliphatic heterocycles. The highest BCUT2D eigenvalue weighted by molar-refractivity contribution is 6.35. The molecule has 1 aliphatic rings. The van der Waals surface area contributed by atoms with E-state index in [4.69, 9.17) is 23.2 Å². The molecule has 1 aromatic rings. The highest BCUT2D eigenvalue weighted by Gasteiger charge is 2.50. The van der Waals surface area contributed by atoms with E-state index < -0.39 is 36.0 Å². The number of hydrogen-bond donors (Lipinski definition) is 3. The molecule has 0 bridgehead atoms. The third-order valence-corrected chi connectivity index (χ3v) is 4.72. The van der Waals surface area contributed by atoms with Crippen LogP contribution in [0.1, 0.15) is 26.3 Å². The number of imide groups is 1. The molecular weight excluding hydrogens is 395 g/mol. The minimum atomic E-state index is -1.43. The quantitative estimate of drug-likeness (QED) is 0.611. The van der Waals surface area contributed by atoms with E-state index in [1.54, 1.807) is 19.1 Å². The van der Waals surface area contributed by atoms with Crippen LogP contribution in [0.2, 0.25) is 10.0 Å². The van der Waals surface area contributed by atoms with Crippen LogP contribution in [0.5, 0.6) is 0 Å². The molecule has 1 heterocycles. The number of rotatable bonds is 6. The summed E-state index contributed by atoms with van der Waals surface area (Å²) in [7, 11) is 0. The van der Waals surface area contributed by atoms with Crippen molar-refractivity contribution in [1.29, 1.82) is 0 Å². The van der Waals surface area contributed by atoms with Crippen LogP contribution in [0.25, 0.3) is 0 Å². The SMILES string of the molecule is CCNC(=O)[C@H](C)NC(=O)CN1C(=O)N[C@](C)(c2ccc(Cl)cc2Cl)C1=O. The van der Waals surface area contributed by atoms with Crippen LogP contribution >= 0.6 is 23.2 Å². The van der Waals surface area contributed by atoms with Gasteiger partial charge in [-0.15, -0.1) is 0 Å². The zero-order valence-corrected chi connectivity index (χ0v) is 16.6. The lowest BCUT2D eigenvalue weighted by atomic mass is 9.92. The van der Waals surface area contributed by atoms with Crippen molar-refractivity contribution in [2.24, 2.45) is 0 Å². The van der Waals surface area contributed by atoms with Crippen molar-refractivity contribution in [1.82, 2.24) is 20.9 Å². The number of likely N-dealkylation sites (N-methyl/N-ethyl adjacent to an activating group) is 1. The van der Waals surface area contributed by atoms with E-state index in [1.165, 1.54) is 19.9 Å². The molecule has 0 aliphatic carbocycles. The summed E-state index contributed by atoms with van der Waals surface area (Å²) in [6.07, 6.45) is 0. The van der Waals surface area contributed by atoms with Gasteiger partial charge < -0.3 is 16.0 Å². The van der Waals surface area contributed by atoms with E-state index in [9.17, 15) is 19.2 Å². The summed E-state index contributed by atoms with van der Waals surface area (Å²) in [6.45, 7) is 4.66. The molecule has 10 heteroatoms. The number of benzene rings is 1. The highest BCUT2D eigenvalue weighted by atomic mass is 35.5. The Morgan fingerprint density at radius 1 is 1.30 bits per heavy atom. The lowest BCUT2D eigenvalue weighted by Crippen LogP contribution is -2.49. The van der Waals surface area contributed by atoms with Gasteiger partial charge >= 0.3 is 6.03 Å². The normalized spacial score (nSPS) is 20.3. The number of nitrogens with zero attached hydrogens (tertiary/aromatic N) is 1. The number of carbonyl (C=O) groups excluding carboxylic acids is 4. The Kier molecular flexibility index (Phi) is 6.33. The fourth-order valence-electron chi connectivity index (χ4n) is 2.74. The molecule has 0 radical (unpaired) electrons. The Bertz CT molecular complexity index is 801. The molecular formula is C17H20Cl2N4O4. The van der Waals surface area contributed by atoms with Crippen LogP contribution in [0.4, 0.5) is 4.79 Å². The zero-order chi connectivity index (χ0) is 20.4. The zero-order valence-electron chi connectivity index (χ0n) is 15.1. The molecule has 1 aromatic carbocycles. The fraction of sp³-hybridized carbons (Fsp3) is 0.412. The van der Waals surface area contributed by atoms with Crippen molar-refractivity contribution in [2.45, 2.75) is 32.4 Å². The number of hydrogen-bond acceptors (Lipinski definition) is 4. The van der Waals surface area contributed by atoms with E-state index >= 15 is 0 Å². The summed E-state index contributed by atoms with van der Waals surface area (Å²) in [4.78, 5) is 49.7. The van der Waals surface area contributed by atoms with Gasteiger partial charge in [0.15, 0.2) is 0 Å². The molecule has 1 saturated heterocycles. The minimum Gasteiger partial charge on any atom is -0.355 e. The summed E-state index contributed by atoms with van der Waals surface area (Å²) in [5.41, 5.74) is -1.06. The second-order valence-electron chi connectivity index (χ2n) is 6.25. The monoisotopic (exact) mass is 414 g/mol. The minimum absolute atomic E-state index is 0.217.